The summed E-state index contributed by atoms with van der Waals surface area (Å²) in [4.78, 5) is 10.6. The highest BCUT2D eigenvalue weighted by Gasteiger charge is 2.12. The normalized spacial score (nSPS) is 12.2. The van der Waals surface area contributed by atoms with Crippen LogP contribution in [-0.2, 0) is 11.2 Å². The summed E-state index contributed by atoms with van der Waals surface area (Å²) >= 11 is 3.36. The lowest BCUT2D eigenvalue weighted by Gasteiger charge is -2.10. The van der Waals surface area contributed by atoms with Crippen molar-refractivity contribution in [1.29, 1.82) is 0 Å². The second-order valence-corrected chi connectivity index (χ2v) is 4.36. The molecule has 0 aliphatic heterocycles. The second-order valence-electron chi connectivity index (χ2n) is 3.44. The lowest BCUT2D eigenvalue weighted by Crippen LogP contribution is -2.30. The second kappa shape index (κ2) is 5.86. The van der Waals surface area contributed by atoms with Crippen molar-refractivity contribution in [2.24, 2.45) is 5.73 Å². The van der Waals surface area contributed by atoms with Gasteiger partial charge >= 0.3 is 5.97 Å². The summed E-state index contributed by atoms with van der Waals surface area (Å²) in [6, 6.07) is 4.79. The summed E-state index contributed by atoms with van der Waals surface area (Å²) in [5.41, 5.74) is 6.39. The molecule has 0 aliphatic carbocycles. The van der Waals surface area contributed by atoms with Gasteiger partial charge in [-0.25, -0.2) is 0 Å². The maximum atomic E-state index is 10.6. The molecule has 0 radical (unpaired) electrons. The number of rotatable bonds is 5. The minimum absolute atomic E-state index is 0.391. The maximum Gasteiger partial charge on any atom is 0.320 e. The van der Waals surface area contributed by atoms with E-state index in [0.29, 0.717) is 12.8 Å². The largest absolute Gasteiger partial charge is 0.496 e. The zero-order valence-electron chi connectivity index (χ0n) is 8.94. The van der Waals surface area contributed by atoms with Crippen LogP contribution in [0.15, 0.2) is 22.7 Å². The molecule has 1 atom stereocenters. The molecule has 1 unspecified atom stereocenters. The number of carbonyl (C=O) groups is 1. The van der Waals surface area contributed by atoms with Gasteiger partial charge in [-0.2, -0.15) is 0 Å². The van der Waals surface area contributed by atoms with Crippen molar-refractivity contribution in [3.63, 3.8) is 0 Å². The topological polar surface area (TPSA) is 72.5 Å². The monoisotopic (exact) mass is 287 g/mol. The summed E-state index contributed by atoms with van der Waals surface area (Å²) in [6.07, 6.45) is 0.970. The van der Waals surface area contributed by atoms with E-state index in [0.717, 1.165) is 15.8 Å². The molecular formula is C11H14BrNO3. The molecule has 0 fully saturated rings. The number of methoxy groups -OCH3 is 1. The zero-order valence-corrected chi connectivity index (χ0v) is 10.5. The third kappa shape index (κ3) is 3.50. The quantitative estimate of drug-likeness (QED) is 0.866. The Morgan fingerprint density at radius 3 is 2.88 bits per heavy atom. The standard InChI is InChI=1S/C11H14BrNO3/c1-16-10-5-3-8(12)6-7(10)2-4-9(13)11(14)15/h3,5-6,9H,2,4,13H2,1H3,(H,14,15). The summed E-state index contributed by atoms with van der Waals surface area (Å²) in [5, 5.41) is 8.68. The molecule has 0 heterocycles. The fourth-order valence-electron chi connectivity index (χ4n) is 1.38. The Bertz CT molecular complexity index is 381. The Balaban J connectivity index is 2.72. The number of benzene rings is 1. The molecule has 0 saturated heterocycles. The minimum Gasteiger partial charge on any atom is -0.496 e. The van der Waals surface area contributed by atoms with Crippen LogP contribution in [-0.4, -0.2) is 24.2 Å². The number of ether oxygens (including phenoxy) is 1. The first-order valence-corrected chi connectivity index (χ1v) is 5.64. The van der Waals surface area contributed by atoms with Gasteiger partial charge in [0.05, 0.1) is 7.11 Å². The molecule has 0 spiro atoms. The highest BCUT2D eigenvalue weighted by atomic mass is 79.9. The van der Waals surface area contributed by atoms with E-state index in [1.807, 2.05) is 18.2 Å². The summed E-state index contributed by atoms with van der Waals surface area (Å²) < 4.78 is 6.12. The van der Waals surface area contributed by atoms with Gasteiger partial charge in [0, 0.05) is 4.47 Å². The number of carboxylic acids is 1. The van der Waals surface area contributed by atoms with Gasteiger partial charge in [0.2, 0.25) is 0 Å². The van der Waals surface area contributed by atoms with Crippen LogP contribution in [0.5, 0.6) is 5.75 Å². The van der Waals surface area contributed by atoms with Crippen molar-refractivity contribution in [3.05, 3.63) is 28.2 Å². The lowest BCUT2D eigenvalue weighted by atomic mass is 10.0. The number of carboxylic acid groups (broad SMARTS) is 1. The van der Waals surface area contributed by atoms with Gasteiger partial charge in [-0.3, -0.25) is 4.79 Å². The molecule has 4 nitrogen and oxygen atoms in total. The summed E-state index contributed by atoms with van der Waals surface area (Å²) in [7, 11) is 1.59. The molecule has 0 bridgehead atoms. The van der Waals surface area contributed by atoms with E-state index in [1.54, 1.807) is 7.11 Å². The molecule has 1 aromatic rings. The molecule has 0 aliphatic rings. The van der Waals surface area contributed by atoms with Crippen molar-refractivity contribution in [3.8, 4) is 5.75 Å². The van der Waals surface area contributed by atoms with Gasteiger partial charge < -0.3 is 15.6 Å². The van der Waals surface area contributed by atoms with E-state index in [1.165, 1.54) is 0 Å². The molecule has 3 N–H and O–H groups in total. The number of aryl methyl sites for hydroxylation is 1. The van der Waals surface area contributed by atoms with Crippen molar-refractivity contribution in [2.45, 2.75) is 18.9 Å². The molecule has 88 valence electrons. The van der Waals surface area contributed by atoms with E-state index in [4.69, 9.17) is 15.6 Å². The third-order valence-electron chi connectivity index (χ3n) is 2.28. The van der Waals surface area contributed by atoms with Crippen LogP contribution in [0, 0.1) is 0 Å². The van der Waals surface area contributed by atoms with E-state index < -0.39 is 12.0 Å². The predicted molar refractivity (Wildman–Crippen MR) is 64.6 cm³/mol. The third-order valence-corrected chi connectivity index (χ3v) is 2.78. The van der Waals surface area contributed by atoms with Crippen LogP contribution in [0.3, 0.4) is 0 Å². The lowest BCUT2D eigenvalue weighted by molar-refractivity contribution is -0.138. The van der Waals surface area contributed by atoms with E-state index in [9.17, 15) is 4.79 Å². The Hall–Kier alpha value is -1.07. The van der Waals surface area contributed by atoms with Crippen molar-refractivity contribution < 1.29 is 14.6 Å². The number of hydrogen-bond acceptors (Lipinski definition) is 3. The Morgan fingerprint density at radius 1 is 1.62 bits per heavy atom. The Morgan fingerprint density at radius 2 is 2.31 bits per heavy atom. The van der Waals surface area contributed by atoms with Crippen LogP contribution in [0.4, 0.5) is 0 Å². The molecule has 5 heteroatoms. The van der Waals surface area contributed by atoms with Gasteiger partial charge in [0.15, 0.2) is 0 Å². The predicted octanol–water partition coefficient (Wildman–Crippen LogP) is 1.80. The Kier molecular flexibility index (Phi) is 4.76. The zero-order chi connectivity index (χ0) is 12.1. The van der Waals surface area contributed by atoms with Crippen molar-refractivity contribution in [2.75, 3.05) is 7.11 Å². The van der Waals surface area contributed by atoms with Crippen LogP contribution >= 0.6 is 15.9 Å². The molecule has 16 heavy (non-hydrogen) atoms. The van der Waals surface area contributed by atoms with Crippen molar-refractivity contribution >= 4 is 21.9 Å². The van der Waals surface area contributed by atoms with Crippen LogP contribution in [0.25, 0.3) is 0 Å². The maximum absolute atomic E-state index is 10.6. The molecule has 1 aromatic carbocycles. The molecule has 0 aromatic heterocycles. The fraction of sp³-hybridized carbons (Fsp3) is 0.364. The highest BCUT2D eigenvalue weighted by Crippen LogP contribution is 2.24. The highest BCUT2D eigenvalue weighted by molar-refractivity contribution is 9.10. The first-order valence-electron chi connectivity index (χ1n) is 4.85. The van der Waals surface area contributed by atoms with Gasteiger partial charge in [-0.05, 0) is 36.6 Å². The number of halogens is 1. The minimum atomic E-state index is -0.978. The van der Waals surface area contributed by atoms with Crippen LogP contribution in [0.2, 0.25) is 0 Å². The smallest absolute Gasteiger partial charge is 0.320 e. The Labute approximate surface area is 103 Å². The van der Waals surface area contributed by atoms with Gasteiger partial charge in [0.1, 0.15) is 11.8 Å². The number of hydrogen-bond donors (Lipinski definition) is 2. The SMILES string of the molecule is COc1ccc(Br)cc1CCC(N)C(=O)O. The van der Waals surface area contributed by atoms with Gasteiger partial charge in [0.25, 0.3) is 0 Å². The summed E-state index contributed by atoms with van der Waals surface area (Å²) in [6.45, 7) is 0. The van der Waals surface area contributed by atoms with E-state index in [2.05, 4.69) is 15.9 Å². The first kappa shape index (κ1) is 13.0. The van der Waals surface area contributed by atoms with E-state index in [-0.39, 0.29) is 0 Å². The van der Waals surface area contributed by atoms with Crippen LogP contribution < -0.4 is 10.5 Å². The average molecular weight is 288 g/mol. The fourth-order valence-corrected chi connectivity index (χ4v) is 1.79. The van der Waals surface area contributed by atoms with E-state index >= 15 is 0 Å². The summed E-state index contributed by atoms with van der Waals surface area (Å²) in [5.74, 6) is -0.227. The van der Waals surface area contributed by atoms with Crippen LogP contribution in [0.1, 0.15) is 12.0 Å². The van der Waals surface area contributed by atoms with Crippen molar-refractivity contribution in [1.82, 2.24) is 0 Å². The number of aliphatic carboxylic acids is 1. The molecule has 0 saturated carbocycles. The molecule has 1 rings (SSSR count). The molecular weight excluding hydrogens is 274 g/mol. The number of nitrogens with two attached hydrogens (primary N) is 1. The molecule has 0 amide bonds. The average Bonchev–Trinajstić information content (AvgIpc) is 2.25. The van der Waals surface area contributed by atoms with Gasteiger partial charge in [-0.15, -0.1) is 0 Å². The first-order chi connectivity index (χ1) is 7.54. The van der Waals surface area contributed by atoms with Gasteiger partial charge in [-0.1, -0.05) is 15.9 Å².